The second-order valence-corrected chi connectivity index (χ2v) is 11.7. The van der Waals surface area contributed by atoms with E-state index in [9.17, 15) is 9.90 Å². The molecule has 0 saturated carbocycles. The highest BCUT2D eigenvalue weighted by Gasteiger charge is 2.33. The molecule has 2 rings (SSSR count). The second-order valence-electron chi connectivity index (χ2n) is 5.74. The van der Waals surface area contributed by atoms with Gasteiger partial charge < -0.3 is 20.0 Å². The molecule has 0 spiro atoms. The summed E-state index contributed by atoms with van der Waals surface area (Å²) in [5, 5.41) is 9.71. The zero-order valence-electron chi connectivity index (χ0n) is 13.5. The molecular formula is C15H25NO4SSi. The molecule has 22 heavy (non-hydrogen) atoms. The number of nitrogens with two attached hydrogens (primary N) is 1. The van der Waals surface area contributed by atoms with Gasteiger partial charge in [-0.2, -0.15) is 0 Å². The predicted octanol–water partition coefficient (Wildman–Crippen LogP) is 3.49. The normalized spacial score (nSPS) is 18.2. The Bertz CT molecular complexity index is 534. The van der Waals surface area contributed by atoms with Crippen LogP contribution in [0.15, 0.2) is 0 Å². The minimum Gasteiger partial charge on any atom is -0.478 e. The smallest absolute Gasteiger partial charge is 0.338 e. The monoisotopic (exact) mass is 343 g/mol. The first-order chi connectivity index (χ1) is 10.5. The van der Waals surface area contributed by atoms with Gasteiger partial charge in [0.05, 0.1) is 24.9 Å². The van der Waals surface area contributed by atoms with Crippen molar-refractivity contribution >= 4 is 30.6 Å². The summed E-state index contributed by atoms with van der Waals surface area (Å²) >= 11 is 1.32. The van der Waals surface area contributed by atoms with Crippen LogP contribution in [-0.2, 0) is 22.2 Å². The third-order valence-corrected chi connectivity index (χ3v) is 10.4. The van der Waals surface area contributed by atoms with Gasteiger partial charge in [-0.1, -0.05) is 20.8 Å². The molecule has 3 N–H and O–H groups in total. The van der Waals surface area contributed by atoms with Gasteiger partial charge in [-0.05, 0) is 23.7 Å². The number of carboxylic acids is 1. The van der Waals surface area contributed by atoms with Gasteiger partial charge in [0.25, 0.3) is 0 Å². The summed E-state index contributed by atoms with van der Waals surface area (Å²) in [4.78, 5) is 12.3. The van der Waals surface area contributed by atoms with E-state index < -0.39 is 14.3 Å². The van der Waals surface area contributed by atoms with Crippen LogP contribution in [-0.4, -0.2) is 32.1 Å². The molecule has 7 heteroatoms. The minimum absolute atomic E-state index is 0.0730. The molecule has 1 unspecified atom stereocenters. The summed E-state index contributed by atoms with van der Waals surface area (Å²) in [6, 6.07) is 3.30. The average molecular weight is 344 g/mol. The topological polar surface area (TPSA) is 81.8 Å². The van der Waals surface area contributed by atoms with Crippen molar-refractivity contribution in [2.75, 3.05) is 12.3 Å². The standard InChI is InChI=1S/C15H25NO4SSi/c1-4-22(5-2,6-3)20-8-10-7-11-12(9-19-10)21-14(16)13(11)15(17)18/h10H,4-9,16H2,1-3H3,(H,17,18). The van der Waals surface area contributed by atoms with Gasteiger partial charge in [-0.25, -0.2) is 4.79 Å². The first kappa shape index (κ1) is 17.5. The summed E-state index contributed by atoms with van der Waals surface area (Å²) in [5.41, 5.74) is 6.93. The number of hydrogen-bond acceptors (Lipinski definition) is 5. The SMILES string of the molecule is CC[Si](CC)(CC)OCC1Cc2c(sc(N)c2C(=O)O)CO1. The number of aromatic carboxylic acids is 1. The molecule has 1 aliphatic rings. The van der Waals surface area contributed by atoms with Crippen molar-refractivity contribution in [3.8, 4) is 0 Å². The third-order valence-electron chi connectivity index (χ3n) is 4.72. The summed E-state index contributed by atoms with van der Waals surface area (Å²) in [6.45, 7) is 7.57. The van der Waals surface area contributed by atoms with Crippen molar-refractivity contribution < 1.29 is 19.1 Å². The maximum Gasteiger partial charge on any atom is 0.338 e. The van der Waals surface area contributed by atoms with Crippen LogP contribution in [0.3, 0.4) is 0 Å². The van der Waals surface area contributed by atoms with E-state index in [1.807, 2.05) is 0 Å². The van der Waals surface area contributed by atoms with E-state index in [1.54, 1.807) is 0 Å². The van der Waals surface area contributed by atoms with E-state index >= 15 is 0 Å². The van der Waals surface area contributed by atoms with Crippen LogP contribution >= 0.6 is 11.3 Å². The Morgan fingerprint density at radius 3 is 2.59 bits per heavy atom. The van der Waals surface area contributed by atoms with E-state index in [2.05, 4.69) is 20.8 Å². The van der Waals surface area contributed by atoms with Crippen molar-refractivity contribution in [1.82, 2.24) is 0 Å². The van der Waals surface area contributed by atoms with Crippen molar-refractivity contribution in [2.45, 2.75) is 58.0 Å². The summed E-state index contributed by atoms with van der Waals surface area (Å²) < 4.78 is 12.1. The molecule has 0 saturated heterocycles. The molecule has 0 radical (unpaired) electrons. The van der Waals surface area contributed by atoms with E-state index in [-0.39, 0.29) is 11.7 Å². The first-order valence-corrected chi connectivity index (χ1v) is 11.2. The number of hydrogen-bond donors (Lipinski definition) is 2. The highest BCUT2D eigenvalue weighted by molar-refractivity contribution is 7.16. The molecule has 0 aliphatic carbocycles. The number of rotatable bonds is 7. The Labute approximate surface area is 136 Å². The Morgan fingerprint density at radius 2 is 2.05 bits per heavy atom. The van der Waals surface area contributed by atoms with Gasteiger partial charge in [0.2, 0.25) is 0 Å². The molecule has 0 bridgehead atoms. The van der Waals surface area contributed by atoms with E-state index in [0.717, 1.165) is 28.6 Å². The molecule has 0 amide bonds. The molecule has 0 aromatic carbocycles. The van der Waals surface area contributed by atoms with Crippen LogP contribution in [0.1, 0.15) is 41.6 Å². The molecular weight excluding hydrogens is 318 g/mol. The van der Waals surface area contributed by atoms with Crippen molar-refractivity contribution in [2.24, 2.45) is 0 Å². The summed E-state index contributed by atoms with van der Waals surface area (Å²) in [7, 11) is -1.64. The minimum atomic E-state index is -1.64. The van der Waals surface area contributed by atoms with E-state index in [4.69, 9.17) is 14.9 Å². The van der Waals surface area contributed by atoms with Gasteiger partial charge in [0.1, 0.15) is 5.00 Å². The van der Waals surface area contributed by atoms with E-state index in [0.29, 0.717) is 24.6 Å². The van der Waals surface area contributed by atoms with Crippen LogP contribution < -0.4 is 5.73 Å². The fourth-order valence-corrected chi connectivity index (χ4v) is 6.68. The number of nitrogen functional groups attached to an aromatic ring is 1. The molecule has 0 fully saturated rings. The van der Waals surface area contributed by atoms with Gasteiger partial charge >= 0.3 is 5.97 Å². The number of carboxylic acid groups (broad SMARTS) is 1. The molecule has 1 atom stereocenters. The number of carbonyl (C=O) groups is 1. The molecule has 124 valence electrons. The highest BCUT2D eigenvalue weighted by Crippen LogP contribution is 2.36. The maximum atomic E-state index is 11.4. The quantitative estimate of drug-likeness (QED) is 0.741. The number of anilines is 1. The Balaban J connectivity index is 2.07. The highest BCUT2D eigenvalue weighted by atomic mass is 32.1. The van der Waals surface area contributed by atoms with E-state index in [1.165, 1.54) is 11.3 Å². The van der Waals surface area contributed by atoms with Crippen LogP contribution in [0.25, 0.3) is 0 Å². The molecule has 2 heterocycles. The van der Waals surface area contributed by atoms with Crippen LogP contribution in [0.2, 0.25) is 18.1 Å². The lowest BCUT2D eigenvalue weighted by atomic mass is 10.0. The van der Waals surface area contributed by atoms with Gasteiger partial charge in [-0.3, -0.25) is 0 Å². The lowest BCUT2D eigenvalue weighted by Crippen LogP contribution is -2.40. The first-order valence-electron chi connectivity index (χ1n) is 7.85. The largest absolute Gasteiger partial charge is 0.478 e. The number of ether oxygens (including phenoxy) is 1. The molecule has 5 nitrogen and oxygen atoms in total. The second kappa shape index (κ2) is 7.12. The van der Waals surface area contributed by atoms with Gasteiger partial charge in [0.15, 0.2) is 8.32 Å². The Morgan fingerprint density at radius 1 is 1.41 bits per heavy atom. The Hall–Kier alpha value is -0.893. The van der Waals surface area contributed by atoms with Crippen molar-refractivity contribution in [3.63, 3.8) is 0 Å². The summed E-state index contributed by atoms with van der Waals surface area (Å²) in [5.74, 6) is -0.948. The zero-order chi connectivity index (χ0) is 16.3. The van der Waals surface area contributed by atoms with Gasteiger partial charge in [-0.15, -0.1) is 11.3 Å². The fourth-order valence-electron chi connectivity index (χ4n) is 3.01. The van der Waals surface area contributed by atoms with Crippen LogP contribution in [0, 0.1) is 0 Å². The molecule has 1 aromatic heterocycles. The summed E-state index contributed by atoms with van der Waals surface area (Å²) in [6.07, 6.45) is 0.503. The fraction of sp³-hybridized carbons (Fsp3) is 0.667. The van der Waals surface area contributed by atoms with Crippen LogP contribution in [0.4, 0.5) is 5.00 Å². The Kier molecular flexibility index (Phi) is 5.65. The molecule has 1 aliphatic heterocycles. The zero-order valence-corrected chi connectivity index (χ0v) is 15.3. The van der Waals surface area contributed by atoms with Crippen molar-refractivity contribution in [3.05, 3.63) is 16.0 Å². The predicted molar refractivity (Wildman–Crippen MR) is 91.1 cm³/mol. The lowest BCUT2D eigenvalue weighted by molar-refractivity contribution is -0.00176. The number of fused-ring (bicyclic) bond motifs is 1. The van der Waals surface area contributed by atoms with Crippen molar-refractivity contribution in [1.29, 1.82) is 0 Å². The number of thiophene rings is 1. The lowest BCUT2D eigenvalue weighted by Gasteiger charge is -2.31. The maximum absolute atomic E-state index is 11.4. The average Bonchev–Trinajstić information content (AvgIpc) is 2.84. The third kappa shape index (κ3) is 3.37. The molecule has 1 aromatic rings. The van der Waals surface area contributed by atoms with Gasteiger partial charge in [0, 0.05) is 11.3 Å². The van der Waals surface area contributed by atoms with Crippen LogP contribution in [0.5, 0.6) is 0 Å².